The molecule has 0 spiro atoms. The summed E-state index contributed by atoms with van der Waals surface area (Å²) in [5.74, 6) is 0.637. The standard InChI is InChI=1S/C13H11Cl3O2S/c1-2-3-6-18-8-5-4-7(14)11-9(8)10(15)12(19-11)13(16)17/h4-5H,2-3,6H2,1H3. The number of unbranched alkanes of at least 4 members (excludes halogenated alkanes) is 1. The summed E-state index contributed by atoms with van der Waals surface area (Å²) in [6.45, 7) is 2.69. The molecule has 6 heteroatoms. The average molecular weight is 338 g/mol. The second-order valence-corrected chi connectivity index (χ2v) is 6.12. The molecule has 0 atom stereocenters. The number of ether oxygens (including phenoxy) is 1. The summed E-state index contributed by atoms with van der Waals surface area (Å²) in [7, 11) is 0. The third-order valence-corrected chi connectivity index (χ3v) is 5.07. The summed E-state index contributed by atoms with van der Waals surface area (Å²) in [5.41, 5.74) is 0. The highest BCUT2D eigenvalue weighted by Crippen LogP contribution is 2.44. The van der Waals surface area contributed by atoms with E-state index in [1.807, 2.05) is 0 Å². The first-order valence-electron chi connectivity index (χ1n) is 5.79. The van der Waals surface area contributed by atoms with Gasteiger partial charge in [0.15, 0.2) is 0 Å². The van der Waals surface area contributed by atoms with Gasteiger partial charge in [0.25, 0.3) is 5.24 Å². The molecule has 0 aliphatic rings. The molecular formula is C13H11Cl3O2S. The van der Waals surface area contributed by atoms with Gasteiger partial charge in [0, 0.05) is 0 Å². The summed E-state index contributed by atoms with van der Waals surface area (Å²) >= 11 is 19.0. The second kappa shape index (κ2) is 6.31. The van der Waals surface area contributed by atoms with E-state index >= 15 is 0 Å². The molecule has 1 aromatic carbocycles. The monoisotopic (exact) mass is 336 g/mol. The van der Waals surface area contributed by atoms with E-state index in [0.29, 0.717) is 32.7 Å². The lowest BCUT2D eigenvalue weighted by molar-refractivity contribution is 0.108. The van der Waals surface area contributed by atoms with Crippen molar-refractivity contribution in [2.45, 2.75) is 19.8 Å². The second-order valence-electron chi connectivity index (χ2n) is 3.97. The molecule has 0 radical (unpaired) electrons. The van der Waals surface area contributed by atoms with E-state index in [1.54, 1.807) is 12.1 Å². The molecular weight excluding hydrogens is 327 g/mol. The predicted molar refractivity (Wildman–Crippen MR) is 82.4 cm³/mol. The van der Waals surface area contributed by atoms with Gasteiger partial charge >= 0.3 is 0 Å². The van der Waals surface area contributed by atoms with Crippen LogP contribution in [0.1, 0.15) is 29.4 Å². The summed E-state index contributed by atoms with van der Waals surface area (Å²) in [4.78, 5) is 11.6. The third-order valence-electron chi connectivity index (χ3n) is 2.63. The van der Waals surface area contributed by atoms with Gasteiger partial charge in [-0.3, -0.25) is 4.79 Å². The number of fused-ring (bicyclic) bond motifs is 1. The van der Waals surface area contributed by atoms with Crippen LogP contribution < -0.4 is 4.74 Å². The fourth-order valence-corrected chi connectivity index (χ4v) is 3.60. The van der Waals surface area contributed by atoms with Crippen molar-refractivity contribution in [1.29, 1.82) is 0 Å². The number of rotatable bonds is 5. The largest absolute Gasteiger partial charge is 0.493 e. The maximum absolute atomic E-state index is 11.3. The lowest BCUT2D eigenvalue weighted by Crippen LogP contribution is -1.96. The maximum atomic E-state index is 11.3. The van der Waals surface area contributed by atoms with Crippen molar-refractivity contribution in [1.82, 2.24) is 0 Å². The van der Waals surface area contributed by atoms with Gasteiger partial charge < -0.3 is 4.74 Å². The van der Waals surface area contributed by atoms with Crippen LogP contribution in [0, 0.1) is 0 Å². The fourth-order valence-electron chi connectivity index (χ4n) is 1.68. The van der Waals surface area contributed by atoms with Gasteiger partial charge in [0.2, 0.25) is 0 Å². The lowest BCUT2D eigenvalue weighted by Gasteiger charge is -2.07. The molecule has 1 heterocycles. The Bertz CT molecular complexity index is 622. The molecule has 19 heavy (non-hydrogen) atoms. The first-order chi connectivity index (χ1) is 9.06. The number of benzene rings is 1. The van der Waals surface area contributed by atoms with Gasteiger partial charge in [-0.15, -0.1) is 11.3 Å². The summed E-state index contributed by atoms with van der Waals surface area (Å²) in [6.07, 6.45) is 1.99. The van der Waals surface area contributed by atoms with Crippen LogP contribution in [-0.2, 0) is 0 Å². The molecule has 2 nitrogen and oxygen atoms in total. The van der Waals surface area contributed by atoms with Gasteiger partial charge in [-0.2, -0.15) is 0 Å². The molecule has 0 unspecified atom stereocenters. The van der Waals surface area contributed by atoms with Crippen LogP contribution in [0.5, 0.6) is 5.75 Å². The quantitative estimate of drug-likeness (QED) is 0.511. The van der Waals surface area contributed by atoms with E-state index in [4.69, 9.17) is 39.5 Å². The minimum Gasteiger partial charge on any atom is -0.493 e. The molecule has 0 amide bonds. The summed E-state index contributed by atoms with van der Waals surface area (Å²) in [5, 5.41) is 0.934. The summed E-state index contributed by atoms with van der Waals surface area (Å²) < 4.78 is 6.42. The summed E-state index contributed by atoms with van der Waals surface area (Å²) in [6, 6.07) is 3.50. The van der Waals surface area contributed by atoms with E-state index < -0.39 is 5.24 Å². The Kier molecular flexibility index (Phi) is 4.96. The number of hydrogen-bond acceptors (Lipinski definition) is 3. The molecule has 0 aliphatic heterocycles. The maximum Gasteiger partial charge on any atom is 0.263 e. The number of halogens is 3. The molecule has 0 saturated carbocycles. The topological polar surface area (TPSA) is 26.3 Å². The van der Waals surface area contributed by atoms with E-state index in [0.717, 1.165) is 17.5 Å². The highest BCUT2D eigenvalue weighted by molar-refractivity contribution is 7.23. The Hall–Kier alpha value is -0.480. The minimum atomic E-state index is -0.582. The van der Waals surface area contributed by atoms with Crippen molar-refractivity contribution in [2.75, 3.05) is 6.61 Å². The molecule has 0 bridgehead atoms. The Labute approximate surface area is 130 Å². The van der Waals surface area contributed by atoms with Gasteiger partial charge in [-0.25, -0.2) is 0 Å². The van der Waals surface area contributed by atoms with Crippen LogP contribution >= 0.6 is 46.1 Å². The molecule has 102 valence electrons. The molecule has 0 aliphatic carbocycles. The first kappa shape index (κ1) is 14.9. The lowest BCUT2D eigenvalue weighted by atomic mass is 10.2. The van der Waals surface area contributed by atoms with E-state index in [-0.39, 0.29) is 0 Å². The predicted octanol–water partition coefficient (Wildman–Crippen LogP) is 5.77. The van der Waals surface area contributed by atoms with Crippen molar-refractivity contribution in [3.8, 4) is 5.75 Å². The first-order valence-corrected chi connectivity index (χ1v) is 7.74. The number of carbonyl (C=O) groups is 1. The van der Waals surface area contributed by atoms with Gasteiger partial charge in [0.05, 0.1) is 26.7 Å². The molecule has 1 aromatic heterocycles. The highest BCUT2D eigenvalue weighted by atomic mass is 35.5. The number of thiophene rings is 1. The Morgan fingerprint density at radius 1 is 1.37 bits per heavy atom. The van der Waals surface area contributed by atoms with Gasteiger partial charge in [0.1, 0.15) is 10.6 Å². The Morgan fingerprint density at radius 2 is 2.11 bits per heavy atom. The van der Waals surface area contributed by atoms with Crippen molar-refractivity contribution < 1.29 is 9.53 Å². The molecule has 2 rings (SSSR count). The normalized spacial score (nSPS) is 10.9. The molecule has 0 saturated heterocycles. The number of hydrogen-bond donors (Lipinski definition) is 0. The van der Waals surface area contributed by atoms with Crippen LogP contribution in [-0.4, -0.2) is 11.8 Å². The van der Waals surface area contributed by atoms with Crippen LogP contribution in [0.3, 0.4) is 0 Å². The molecule has 0 fully saturated rings. The van der Waals surface area contributed by atoms with E-state index in [2.05, 4.69) is 6.92 Å². The van der Waals surface area contributed by atoms with Gasteiger partial charge in [-0.05, 0) is 30.2 Å². The Morgan fingerprint density at radius 3 is 2.74 bits per heavy atom. The van der Waals surface area contributed by atoms with Gasteiger partial charge in [-0.1, -0.05) is 36.5 Å². The zero-order valence-corrected chi connectivity index (χ0v) is 13.2. The Balaban J connectivity index is 2.53. The van der Waals surface area contributed by atoms with Crippen LogP contribution in [0.4, 0.5) is 0 Å². The molecule has 2 aromatic rings. The molecule has 0 N–H and O–H groups in total. The smallest absolute Gasteiger partial charge is 0.263 e. The average Bonchev–Trinajstić information content (AvgIpc) is 2.72. The van der Waals surface area contributed by atoms with Crippen LogP contribution in [0.2, 0.25) is 10.0 Å². The van der Waals surface area contributed by atoms with Crippen molar-refractivity contribution in [2.24, 2.45) is 0 Å². The van der Waals surface area contributed by atoms with Crippen molar-refractivity contribution >= 4 is 61.5 Å². The van der Waals surface area contributed by atoms with Crippen molar-refractivity contribution in [3.05, 3.63) is 27.1 Å². The fraction of sp³-hybridized carbons (Fsp3) is 0.308. The number of carbonyl (C=O) groups excluding carboxylic acids is 1. The minimum absolute atomic E-state index is 0.298. The zero-order chi connectivity index (χ0) is 14.0. The zero-order valence-electron chi connectivity index (χ0n) is 10.1. The van der Waals surface area contributed by atoms with E-state index in [1.165, 1.54) is 11.3 Å². The van der Waals surface area contributed by atoms with Crippen molar-refractivity contribution in [3.63, 3.8) is 0 Å². The third kappa shape index (κ3) is 3.00. The van der Waals surface area contributed by atoms with Crippen LogP contribution in [0.25, 0.3) is 10.1 Å². The highest BCUT2D eigenvalue weighted by Gasteiger charge is 2.20. The van der Waals surface area contributed by atoms with E-state index in [9.17, 15) is 4.79 Å². The SMILES string of the molecule is CCCCOc1ccc(Cl)c2sc(C(=O)Cl)c(Cl)c12. The van der Waals surface area contributed by atoms with Crippen LogP contribution in [0.15, 0.2) is 12.1 Å².